The molecule has 0 aromatic rings. The molecule has 0 N–H and O–H groups in total. The Morgan fingerprint density at radius 3 is 1.83 bits per heavy atom. The van der Waals surface area contributed by atoms with Crippen LogP contribution < -0.4 is 0 Å². The molecule has 0 saturated heterocycles. The van der Waals surface area contributed by atoms with Crippen LogP contribution in [-0.2, 0) is 0 Å². The van der Waals surface area contributed by atoms with Crippen LogP contribution in [0.2, 0.25) is 0 Å². The monoisotopic (exact) mass is 158 g/mol. The van der Waals surface area contributed by atoms with E-state index in [0.717, 1.165) is 5.41 Å². The molecule has 7 saturated carbocycles. The first-order valence-corrected chi connectivity index (χ1v) is 5.93. The molecule has 7 fully saturated rings. The minimum atomic E-state index is 1.04. The largest absolute Gasteiger partial charge is 0.0465 e. The Morgan fingerprint density at radius 2 is 1.33 bits per heavy atom. The van der Waals surface area contributed by atoms with Crippen molar-refractivity contribution in [3.63, 3.8) is 0 Å². The van der Waals surface area contributed by atoms with E-state index in [0.29, 0.717) is 0 Å². The maximum absolute atomic E-state index is 1.69. The highest BCUT2D eigenvalue weighted by Gasteiger charge is 2.92. The smallest absolute Gasteiger partial charge is 0.0229 e. The van der Waals surface area contributed by atoms with Crippen molar-refractivity contribution in [3.05, 3.63) is 0 Å². The summed E-state index contributed by atoms with van der Waals surface area (Å²) in [6, 6.07) is 0. The third-order valence-corrected chi connectivity index (χ3v) is 6.98. The van der Waals surface area contributed by atoms with Gasteiger partial charge in [0.25, 0.3) is 0 Å². The van der Waals surface area contributed by atoms with Gasteiger partial charge in [-0.3, -0.25) is 0 Å². The maximum Gasteiger partial charge on any atom is -0.0229 e. The van der Waals surface area contributed by atoms with Gasteiger partial charge < -0.3 is 0 Å². The summed E-state index contributed by atoms with van der Waals surface area (Å²) < 4.78 is 0. The van der Waals surface area contributed by atoms with Gasteiger partial charge in [-0.1, -0.05) is 0 Å². The molecule has 0 aromatic carbocycles. The van der Waals surface area contributed by atoms with Crippen molar-refractivity contribution in [1.82, 2.24) is 0 Å². The van der Waals surface area contributed by atoms with Crippen LogP contribution >= 0.6 is 0 Å². The summed E-state index contributed by atoms with van der Waals surface area (Å²) in [5, 5.41) is 0. The normalized spacial score (nSPS) is 86.0. The van der Waals surface area contributed by atoms with Crippen LogP contribution in [0.25, 0.3) is 0 Å². The molecule has 0 heteroatoms. The second kappa shape index (κ2) is 1.01. The average molecular weight is 158 g/mol. The van der Waals surface area contributed by atoms with Gasteiger partial charge in [0.1, 0.15) is 0 Å². The Kier molecular flexibility index (Phi) is 0.423. The lowest BCUT2D eigenvalue weighted by molar-refractivity contribution is 0.326. The van der Waals surface area contributed by atoms with Crippen molar-refractivity contribution in [3.8, 4) is 0 Å². The lowest BCUT2D eigenvalue weighted by Crippen LogP contribution is -2.10. The molecular weight excluding hydrogens is 144 g/mol. The van der Waals surface area contributed by atoms with E-state index in [1.165, 1.54) is 47.3 Å². The third-order valence-electron chi connectivity index (χ3n) is 6.98. The molecule has 0 aliphatic heterocycles. The van der Waals surface area contributed by atoms with Gasteiger partial charge in [0.05, 0.1) is 0 Å². The van der Waals surface area contributed by atoms with Gasteiger partial charge in [-0.25, -0.2) is 0 Å². The molecule has 12 heavy (non-hydrogen) atoms. The lowest BCUT2D eigenvalue weighted by Gasteiger charge is -2.14. The summed E-state index contributed by atoms with van der Waals surface area (Å²) in [7, 11) is 0. The minimum absolute atomic E-state index is 1.04. The summed E-state index contributed by atoms with van der Waals surface area (Å²) in [6.07, 6.45) is 4.98. The molecule has 62 valence electrons. The van der Waals surface area contributed by atoms with Crippen LogP contribution in [0.1, 0.15) is 19.3 Å². The fourth-order valence-electron chi connectivity index (χ4n) is 6.91. The van der Waals surface area contributed by atoms with E-state index in [1.807, 2.05) is 0 Å². The molecule has 1 spiro atoms. The minimum Gasteiger partial charge on any atom is -0.0465 e. The van der Waals surface area contributed by atoms with Crippen molar-refractivity contribution in [2.24, 2.45) is 52.8 Å². The highest BCUT2D eigenvalue weighted by molar-refractivity contribution is 5.39. The Labute approximate surface area is 72.7 Å². The van der Waals surface area contributed by atoms with E-state index >= 15 is 0 Å². The molecule has 0 nitrogen and oxygen atoms in total. The van der Waals surface area contributed by atoms with E-state index in [-0.39, 0.29) is 0 Å². The van der Waals surface area contributed by atoms with Crippen LogP contribution in [0.4, 0.5) is 0 Å². The fourth-order valence-corrected chi connectivity index (χ4v) is 6.91. The zero-order valence-corrected chi connectivity index (χ0v) is 7.24. The Balaban J connectivity index is 1.66. The van der Waals surface area contributed by atoms with Crippen LogP contribution in [0.3, 0.4) is 0 Å². The first-order valence-electron chi connectivity index (χ1n) is 5.93. The highest BCUT2D eigenvalue weighted by Crippen LogP contribution is 2.97. The Bertz CT molecular complexity index is 301. The molecule has 0 amide bonds. The summed E-state index contributed by atoms with van der Waals surface area (Å²) in [4.78, 5) is 0. The van der Waals surface area contributed by atoms with Gasteiger partial charge in [-0.2, -0.15) is 0 Å². The second-order valence-corrected chi connectivity index (χ2v) is 6.66. The number of hydrogen-bond acceptors (Lipinski definition) is 0. The van der Waals surface area contributed by atoms with Crippen molar-refractivity contribution in [2.75, 3.05) is 0 Å². The van der Waals surface area contributed by atoms with Crippen molar-refractivity contribution in [1.29, 1.82) is 0 Å². The van der Waals surface area contributed by atoms with E-state index in [1.54, 1.807) is 19.3 Å². The van der Waals surface area contributed by atoms with Crippen LogP contribution in [0, 0.1) is 52.8 Å². The third kappa shape index (κ3) is 0.249. The van der Waals surface area contributed by atoms with Gasteiger partial charge in [-0.05, 0) is 72.0 Å². The van der Waals surface area contributed by atoms with Crippen molar-refractivity contribution in [2.45, 2.75) is 19.3 Å². The SMILES string of the molecule is C1C2C3C2C2C1C3C1C2C12CC2. The lowest BCUT2D eigenvalue weighted by atomic mass is 9.90. The molecule has 0 radical (unpaired) electrons. The fraction of sp³-hybridized carbons (Fsp3) is 1.00. The maximum atomic E-state index is 1.69. The van der Waals surface area contributed by atoms with E-state index < -0.39 is 0 Å². The molecule has 0 heterocycles. The summed E-state index contributed by atoms with van der Waals surface area (Å²) in [5.74, 6) is 10.4. The highest BCUT2D eigenvalue weighted by atomic mass is 15.0. The standard InChI is InChI=1S/C12H14/c1-2-12(1)10-8-5-3-4-6(8)7(4)9(5)11(10)12/h4-11H,1-3H2. The quantitative estimate of drug-likeness (QED) is 0.507. The van der Waals surface area contributed by atoms with Gasteiger partial charge in [-0.15, -0.1) is 0 Å². The predicted octanol–water partition coefficient (Wildman–Crippen LogP) is 2.15. The van der Waals surface area contributed by atoms with E-state index in [2.05, 4.69) is 0 Å². The van der Waals surface area contributed by atoms with Crippen molar-refractivity contribution >= 4 is 0 Å². The molecule has 6 atom stereocenters. The van der Waals surface area contributed by atoms with Gasteiger partial charge >= 0.3 is 0 Å². The zero-order chi connectivity index (χ0) is 7.24. The molecule has 7 aliphatic rings. The van der Waals surface area contributed by atoms with Crippen LogP contribution in [0.15, 0.2) is 0 Å². The Morgan fingerprint density at radius 1 is 0.750 bits per heavy atom. The molecule has 7 rings (SSSR count). The summed E-state index contributed by atoms with van der Waals surface area (Å²) in [6.45, 7) is 0. The van der Waals surface area contributed by atoms with Gasteiger partial charge in [0, 0.05) is 0 Å². The van der Waals surface area contributed by atoms with Gasteiger partial charge in [0.2, 0.25) is 0 Å². The van der Waals surface area contributed by atoms with Crippen molar-refractivity contribution < 1.29 is 0 Å². The molecule has 6 unspecified atom stereocenters. The second-order valence-electron chi connectivity index (χ2n) is 6.66. The number of rotatable bonds is 0. The van der Waals surface area contributed by atoms with Crippen LogP contribution in [0.5, 0.6) is 0 Å². The summed E-state index contributed by atoms with van der Waals surface area (Å²) in [5.41, 5.74) is 1.04. The Hall–Kier alpha value is 0. The topological polar surface area (TPSA) is 0 Å². The van der Waals surface area contributed by atoms with E-state index in [9.17, 15) is 0 Å². The number of hydrogen-bond donors (Lipinski definition) is 0. The molecular formula is C12H14. The first kappa shape index (κ1) is 5.02. The van der Waals surface area contributed by atoms with E-state index in [4.69, 9.17) is 0 Å². The zero-order valence-electron chi connectivity index (χ0n) is 7.24. The first-order chi connectivity index (χ1) is 5.93. The molecule has 6 bridgehead atoms. The summed E-state index contributed by atoms with van der Waals surface area (Å²) >= 11 is 0. The molecule has 7 aliphatic carbocycles. The molecule has 0 aromatic heterocycles. The number of fused-ring (bicyclic) bond motifs is 3. The average Bonchev–Trinajstić information content (AvgIpc) is 2.99. The predicted molar refractivity (Wildman–Crippen MR) is 44.2 cm³/mol. The van der Waals surface area contributed by atoms with Crippen LogP contribution in [-0.4, -0.2) is 0 Å². The van der Waals surface area contributed by atoms with Gasteiger partial charge in [0.15, 0.2) is 0 Å².